The molecule has 0 saturated carbocycles. The Labute approximate surface area is 205 Å². The third kappa shape index (κ3) is 30.2. The van der Waals surface area contributed by atoms with Crippen molar-refractivity contribution in [2.24, 2.45) is 0 Å². The Morgan fingerprint density at radius 2 is 0.714 bits per heavy atom. The Morgan fingerprint density at radius 3 is 0.929 bits per heavy atom. The van der Waals surface area contributed by atoms with Gasteiger partial charge in [0.15, 0.2) is 0 Å². The van der Waals surface area contributed by atoms with Gasteiger partial charge in [0, 0.05) is 0 Å². The number of hydrogen-bond donors (Lipinski definition) is 0. The van der Waals surface area contributed by atoms with E-state index in [9.17, 15) is 0 Å². The fourth-order valence-corrected chi connectivity index (χ4v) is 4.84. The zero-order valence-corrected chi connectivity index (χ0v) is 24.2. The molecule has 0 aromatic carbocycles. The first-order chi connectivity index (χ1) is 12.7. The van der Waals surface area contributed by atoms with E-state index >= 15 is 0 Å². The first-order valence-electron chi connectivity index (χ1n) is 10.2. The van der Waals surface area contributed by atoms with Gasteiger partial charge in [0.25, 0.3) is 0 Å². The first-order valence-corrected chi connectivity index (χ1v) is 14.0. The number of hydrogen-bond acceptors (Lipinski definition) is 6. The molecule has 0 amide bonds. The minimum absolute atomic E-state index is 0. The topological polar surface area (TPSA) is 55.4 Å². The Morgan fingerprint density at radius 1 is 0.464 bits per heavy atom. The van der Waals surface area contributed by atoms with E-state index in [0.717, 1.165) is 58.3 Å². The van der Waals surface area contributed by atoms with Gasteiger partial charge < -0.3 is 29.4 Å². The molecule has 28 heavy (non-hydrogen) atoms. The molecule has 0 fully saturated rings. The Hall–Kier alpha value is 1.96. The molecule has 0 bridgehead atoms. The van der Waals surface area contributed by atoms with Crippen LogP contribution in [-0.2, 0) is 58.0 Å². The van der Waals surface area contributed by atoms with Gasteiger partial charge in [-0.15, -0.1) is 0 Å². The van der Waals surface area contributed by atoms with Gasteiger partial charge >= 0.3 is 178 Å². The van der Waals surface area contributed by atoms with Crippen LogP contribution in [0.25, 0.3) is 0 Å². The maximum Gasteiger partial charge on any atom is -1.00 e. The second kappa shape index (κ2) is 33.6. The summed E-state index contributed by atoms with van der Waals surface area (Å²) in [5.74, 6) is 0. The summed E-state index contributed by atoms with van der Waals surface area (Å²) < 4.78 is 32.8. The van der Waals surface area contributed by atoms with Gasteiger partial charge in [-0.2, -0.15) is 0 Å². The third-order valence-electron chi connectivity index (χ3n) is 2.94. The molecule has 0 spiro atoms. The standard InChI is InChI=1S/3C4H9O.3C2H5O.BrH.ClH.2Ti/c3*1-2-3-4-5;3*1-2-3;;;;/h3*2-4H2,1H3;3*2H2,1H3;2*1H;;/q6*-1;;;2*+4/p-2. The second-order valence-corrected chi connectivity index (χ2v) is 9.67. The van der Waals surface area contributed by atoms with Crippen molar-refractivity contribution >= 4 is 0 Å². The van der Waals surface area contributed by atoms with Crippen LogP contribution in [0.3, 0.4) is 0 Å². The van der Waals surface area contributed by atoms with Crippen LogP contribution < -0.4 is 29.4 Å². The fourth-order valence-electron chi connectivity index (χ4n) is 1.50. The molecule has 0 aromatic rings. The van der Waals surface area contributed by atoms with Gasteiger partial charge in [0.2, 0.25) is 0 Å². The number of unbranched alkanes of at least 4 members (excludes halogenated alkanes) is 3. The van der Waals surface area contributed by atoms with Crippen molar-refractivity contribution in [1.29, 1.82) is 0 Å². The molecule has 0 aliphatic rings. The molecule has 0 aliphatic carbocycles. The SMILES string of the molecule is CCCC[O][Ti+]([O]CCCC)[O]CCCC.CC[O][Ti+]([O]CC)[O]CC.[Br-].[Cl-]. The van der Waals surface area contributed by atoms with Crippen LogP contribution in [0.5, 0.6) is 0 Å². The van der Waals surface area contributed by atoms with Gasteiger partial charge in [0.1, 0.15) is 0 Å². The van der Waals surface area contributed by atoms with Gasteiger partial charge in [0.05, 0.1) is 0 Å². The molecule has 172 valence electrons. The van der Waals surface area contributed by atoms with E-state index in [2.05, 4.69) is 20.8 Å². The predicted molar refractivity (Wildman–Crippen MR) is 97.5 cm³/mol. The quantitative estimate of drug-likeness (QED) is 0.161. The smallest absolute Gasteiger partial charge is 1.00 e. The van der Waals surface area contributed by atoms with Crippen molar-refractivity contribution in [3.05, 3.63) is 0 Å². The summed E-state index contributed by atoms with van der Waals surface area (Å²) >= 11 is -4.09. The molecule has 0 rings (SSSR count). The summed E-state index contributed by atoms with van der Waals surface area (Å²) in [6.45, 7) is 16.8. The third-order valence-corrected chi connectivity index (χ3v) is 7.46. The van der Waals surface area contributed by atoms with Crippen LogP contribution in [0.4, 0.5) is 0 Å². The average Bonchev–Trinajstić information content (AvgIpc) is 2.63. The summed E-state index contributed by atoms with van der Waals surface area (Å²) in [4.78, 5) is 0. The Balaban J connectivity index is -0.000000210. The van der Waals surface area contributed by atoms with E-state index in [0.29, 0.717) is 19.8 Å². The summed E-state index contributed by atoms with van der Waals surface area (Å²) in [5, 5.41) is 0. The van der Waals surface area contributed by atoms with Crippen molar-refractivity contribution < 1.29 is 87.4 Å². The van der Waals surface area contributed by atoms with E-state index in [1.165, 1.54) is 0 Å². The largest absolute Gasteiger partial charge is 1.00 e. The normalized spacial score (nSPS) is 9.64. The van der Waals surface area contributed by atoms with E-state index in [-0.39, 0.29) is 29.4 Å². The monoisotopic (exact) mass is 564 g/mol. The zero-order valence-electron chi connectivity index (χ0n) is 18.7. The summed E-state index contributed by atoms with van der Waals surface area (Å²) in [6, 6.07) is 0. The maximum absolute atomic E-state index is 5.70. The molecule has 0 atom stereocenters. The molecular weight excluding hydrogens is 523 g/mol. The number of halogens is 2. The van der Waals surface area contributed by atoms with Crippen molar-refractivity contribution in [3.63, 3.8) is 0 Å². The molecule has 0 radical (unpaired) electrons. The first kappa shape index (κ1) is 37.3. The van der Waals surface area contributed by atoms with E-state index in [4.69, 9.17) is 19.9 Å². The van der Waals surface area contributed by atoms with Crippen LogP contribution in [-0.4, -0.2) is 39.6 Å². The van der Waals surface area contributed by atoms with E-state index < -0.39 is 38.1 Å². The van der Waals surface area contributed by atoms with Gasteiger partial charge in [-0.05, 0) is 0 Å². The van der Waals surface area contributed by atoms with Crippen molar-refractivity contribution in [2.75, 3.05) is 39.6 Å². The maximum atomic E-state index is 5.70. The second-order valence-electron chi connectivity index (χ2n) is 5.41. The molecule has 0 heterocycles. The summed E-state index contributed by atoms with van der Waals surface area (Å²) in [6.07, 6.45) is 6.79. The Bertz CT molecular complexity index is 224. The van der Waals surface area contributed by atoms with E-state index in [1.54, 1.807) is 0 Å². The van der Waals surface area contributed by atoms with Gasteiger partial charge in [-0.3, -0.25) is 0 Å². The molecule has 0 N–H and O–H groups in total. The minimum atomic E-state index is -2.10. The van der Waals surface area contributed by atoms with Gasteiger partial charge in [-0.25, -0.2) is 0 Å². The van der Waals surface area contributed by atoms with Crippen LogP contribution in [0.15, 0.2) is 0 Å². The molecule has 0 aliphatic heterocycles. The number of rotatable bonds is 18. The molecule has 0 saturated heterocycles. The van der Waals surface area contributed by atoms with Crippen LogP contribution in [0.1, 0.15) is 80.1 Å². The molecular formula is C18H42BrClO6Ti2. The van der Waals surface area contributed by atoms with Crippen molar-refractivity contribution in [1.82, 2.24) is 0 Å². The predicted octanol–water partition coefficient (Wildman–Crippen LogP) is -0.733. The summed E-state index contributed by atoms with van der Waals surface area (Å²) in [7, 11) is 0. The van der Waals surface area contributed by atoms with Crippen LogP contribution >= 0.6 is 0 Å². The minimum Gasteiger partial charge on any atom is -1.00 e. The molecule has 6 nitrogen and oxygen atoms in total. The van der Waals surface area contributed by atoms with E-state index in [1.807, 2.05) is 20.8 Å². The molecule has 0 aromatic heterocycles. The van der Waals surface area contributed by atoms with Crippen molar-refractivity contribution in [2.45, 2.75) is 80.1 Å². The van der Waals surface area contributed by atoms with Gasteiger partial charge in [-0.1, -0.05) is 0 Å². The summed E-state index contributed by atoms with van der Waals surface area (Å²) in [5.41, 5.74) is 0. The average molecular weight is 566 g/mol. The molecule has 10 heteroatoms. The Kier molecular flexibility index (Phi) is 44.7. The molecule has 0 unspecified atom stereocenters. The van der Waals surface area contributed by atoms with Crippen LogP contribution in [0, 0.1) is 0 Å². The van der Waals surface area contributed by atoms with Crippen LogP contribution in [0.2, 0.25) is 0 Å². The van der Waals surface area contributed by atoms with Crippen molar-refractivity contribution in [3.8, 4) is 0 Å². The zero-order chi connectivity index (χ0) is 19.9. The fraction of sp³-hybridized carbons (Fsp3) is 1.00.